The van der Waals surface area contributed by atoms with E-state index < -0.39 is 61.5 Å². The van der Waals surface area contributed by atoms with Gasteiger partial charge in [0.15, 0.2) is 43.8 Å². The van der Waals surface area contributed by atoms with Crippen LogP contribution < -0.4 is 32.4 Å². The summed E-state index contributed by atoms with van der Waals surface area (Å²) in [5.41, 5.74) is 8.69. The normalized spacial score (nSPS) is 15.7. The molecule has 29 nitrogen and oxygen atoms in total. The maximum absolute atomic E-state index is 13.3. The molecular formula is C65H81N11O18S3. The Morgan fingerprint density at radius 3 is 1.03 bits per heavy atom. The van der Waals surface area contributed by atoms with Crippen molar-refractivity contribution in [2.75, 3.05) is 59.3 Å². The smallest absolute Gasteiger partial charge is 0.271 e. The first-order chi connectivity index (χ1) is 46.4. The molecule has 0 atom stereocenters. The number of nitrogens with one attached hydrogen (secondary N) is 6. The van der Waals surface area contributed by atoms with Crippen LogP contribution in [-0.2, 0) is 58.1 Å². The van der Waals surface area contributed by atoms with Crippen molar-refractivity contribution >= 4 is 65.0 Å². The Morgan fingerprint density at radius 1 is 0.423 bits per heavy atom. The molecule has 0 spiro atoms. The fourth-order valence-electron chi connectivity index (χ4n) is 10.8. The molecule has 6 aromatic rings. The highest BCUT2D eigenvalue weighted by Gasteiger charge is 2.54. The summed E-state index contributed by atoms with van der Waals surface area (Å²) in [6, 6.07) is 21.2. The number of sulfone groups is 3. The van der Waals surface area contributed by atoms with Gasteiger partial charge in [0, 0.05) is 82.2 Å². The number of benzene rings is 3. The molecule has 97 heavy (non-hydrogen) atoms. The minimum Gasteiger partial charge on any atom is -0.381 e. The summed E-state index contributed by atoms with van der Waals surface area (Å²) in [6.07, 6.45) is 11.4. The molecule has 0 saturated carbocycles. The van der Waals surface area contributed by atoms with Crippen LogP contribution in [0.15, 0.2) is 131 Å². The van der Waals surface area contributed by atoms with E-state index in [1.54, 1.807) is 48.5 Å². The van der Waals surface area contributed by atoms with Crippen LogP contribution in [0.25, 0.3) is 33.8 Å². The van der Waals surface area contributed by atoms with Crippen molar-refractivity contribution in [1.29, 1.82) is 0 Å². The van der Waals surface area contributed by atoms with Gasteiger partial charge in [-0.1, -0.05) is 76.9 Å². The van der Waals surface area contributed by atoms with Gasteiger partial charge in [-0.25, -0.2) is 51.7 Å². The van der Waals surface area contributed by atoms with Gasteiger partial charge in [0.1, 0.15) is 11.4 Å². The zero-order valence-electron chi connectivity index (χ0n) is 54.1. The lowest BCUT2D eigenvalue weighted by Gasteiger charge is -2.34. The predicted octanol–water partition coefficient (Wildman–Crippen LogP) is 5.36. The van der Waals surface area contributed by atoms with Gasteiger partial charge < -0.3 is 30.2 Å². The zero-order chi connectivity index (χ0) is 70.4. The minimum atomic E-state index is -4.11. The number of rotatable bonds is 24. The molecule has 522 valence electrons. The second-order valence-corrected chi connectivity index (χ2v) is 30.2. The van der Waals surface area contributed by atoms with Crippen molar-refractivity contribution in [2.24, 2.45) is 5.92 Å². The molecule has 0 bridgehead atoms. The Labute approximate surface area is 562 Å². The van der Waals surface area contributed by atoms with Gasteiger partial charge in [-0.3, -0.25) is 59.3 Å². The molecule has 3 aromatic carbocycles. The predicted molar refractivity (Wildman–Crippen MR) is 351 cm³/mol. The number of aromatic nitrogens is 5. The number of hydrogen-bond acceptors (Lipinski definition) is 23. The van der Waals surface area contributed by atoms with Crippen LogP contribution in [0, 0.1) is 5.92 Å². The van der Waals surface area contributed by atoms with E-state index in [2.05, 4.69) is 54.7 Å². The topological polar surface area (TPSA) is 430 Å². The molecule has 32 heteroatoms. The second-order valence-electron chi connectivity index (χ2n) is 23.4. The van der Waals surface area contributed by atoms with Gasteiger partial charge in [0.25, 0.3) is 35.4 Å². The molecule has 3 aliphatic heterocycles. The van der Waals surface area contributed by atoms with Crippen LogP contribution in [0.5, 0.6) is 0 Å². The highest BCUT2D eigenvalue weighted by Crippen LogP contribution is 2.39. The summed E-state index contributed by atoms with van der Waals surface area (Å²) in [7, 11) is -12.3. The van der Waals surface area contributed by atoms with Crippen LogP contribution in [-0.4, -0.2) is 175 Å². The summed E-state index contributed by atoms with van der Waals surface area (Å²) in [6.45, 7) is 10.5. The molecular weight excluding hydrogens is 1320 g/mol. The molecule has 3 aromatic heterocycles. The van der Waals surface area contributed by atoms with Crippen molar-refractivity contribution in [3.63, 3.8) is 0 Å². The van der Waals surface area contributed by atoms with E-state index in [1.165, 1.54) is 83.8 Å². The van der Waals surface area contributed by atoms with E-state index in [-0.39, 0.29) is 122 Å². The SMILES string of the molecule is CC(C)CCNC(=O)c1cnc(-c2ccc(S(=O)(=O)C3(C(=O)NO)CCOCC3)cc2)cn1.CCCCNC(=O)c1ccc(-c2ccc(S(=O)(=O)C3(C(=O)NO)CCOCC3)cc2)nc1.CCCCNC(=O)c1cnc(-c2ccc(S(=O)(=O)C3(C(=O)NO)CCOCC3)cc2)cn1. The molecule has 6 amide bonds. The number of hydroxylamine groups is 3. The van der Waals surface area contributed by atoms with E-state index in [0.717, 1.165) is 32.1 Å². The average Bonchev–Trinajstić information content (AvgIpc) is 0.766. The Balaban J connectivity index is 0.000000205. The molecule has 6 heterocycles. The third-order valence-corrected chi connectivity index (χ3v) is 24.4. The largest absolute Gasteiger partial charge is 0.381 e. The number of amides is 6. The van der Waals surface area contributed by atoms with E-state index in [0.29, 0.717) is 64.9 Å². The monoisotopic (exact) mass is 1400 g/mol. The lowest BCUT2D eigenvalue weighted by molar-refractivity contribution is -0.135. The third-order valence-electron chi connectivity index (χ3n) is 16.8. The first-order valence-corrected chi connectivity index (χ1v) is 35.9. The van der Waals surface area contributed by atoms with Gasteiger partial charge >= 0.3 is 0 Å². The van der Waals surface area contributed by atoms with E-state index in [9.17, 15) is 54.0 Å². The highest BCUT2D eigenvalue weighted by atomic mass is 32.2. The Bertz CT molecular complexity index is 3830. The zero-order valence-corrected chi connectivity index (χ0v) is 56.6. The molecule has 3 saturated heterocycles. The molecule has 3 aliphatic rings. The number of unbranched alkanes of at least 4 members (excludes halogenated alkanes) is 2. The van der Waals surface area contributed by atoms with Crippen molar-refractivity contribution in [1.82, 2.24) is 57.3 Å². The fraction of sp³-hybridized carbons (Fsp3) is 0.431. The molecule has 9 rings (SSSR count). The second kappa shape index (κ2) is 34.6. The number of nitrogens with zero attached hydrogens (tertiary/aromatic N) is 5. The maximum Gasteiger partial charge on any atom is 0.271 e. The van der Waals surface area contributed by atoms with Crippen LogP contribution in [0.1, 0.15) is 130 Å². The number of carbonyl (C=O) groups excluding carboxylic acids is 6. The lowest BCUT2D eigenvalue weighted by Crippen LogP contribution is -2.54. The average molecular weight is 1400 g/mol. The van der Waals surface area contributed by atoms with Gasteiger partial charge in [-0.15, -0.1) is 0 Å². The highest BCUT2D eigenvalue weighted by molar-refractivity contribution is 7.94. The maximum atomic E-state index is 13.3. The van der Waals surface area contributed by atoms with Gasteiger partial charge in [-0.05, 0) is 112 Å². The lowest BCUT2D eigenvalue weighted by atomic mass is 9.98. The number of pyridine rings is 1. The molecule has 3 fully saturated rings. The third kappa shape index (κ3) is 17.6. The number of carbonyl (C=O) groups is 6. The van der Waals surface area contributed by atoms with E-state index >= 15 is 0 Å². The van der Waals surface area contributed by atoms with Crippen LogP contribution in [0.2, 0.25) is 0 Å². The summed E-state index contributed by atoms with van der Waals surface area (Å²) in [4.78, 5) is 94.3. The Kier molecular flexibility index (Phi) is 27.0. The quantitative estimate of drug-likeness (QED) is 0.0209. The molecule has 0 unspecified atom stereocenters. The molecule has 9 N–H and O–H groups in total. The van der Waals surface area contributed by atoms with E-state index in [4.69, 9.17) is 29.8 Å². The molecule has 0 aliphatic carbocycles. The van der Waals surface area contributed by atoms with Crippen LogP contribution >= 0.6 is 0 Å². The summed E-state index contributed by atoms with van der Waals surface area (Å²) in [5.74, 6) is -3.22. The van der Waals surface area contributed by atoms with Gasteiger partial charge in [0.05, 0.1) is 62.1 Å². The van der Waals surface area contributed by atoms with Crippen molar-refractivity contribution < 1.29 is 83.9 Å². The minimum absolute atomic E-state index is 0.0290. The van der Waals surface area contributed by atoms with Crippen LogP contribution in [0.3, 0.4) is 0 Å². The van der Waals surface area contributed by atoms with E-state index in [1.807, 2.05) is 13.8 Å². The standard InChI is InChI=1S/C22H28N4O6S.C22H27N3O6S.C21H26N4O6S/c1-15(2)7-10-23-20(27)19-14-24-18(13-25-19)16-3-5-17(6-4-16)33(30,31)22(21(28)26-29)8-11-32-12-9-22;1-2-3-12-23-20(26)17-6-9-19(24-15-17)16-4-7-18(8-5-16)32(29,30)22(21(27)25-28)10-13-31-14-11-22;1-2-3-10-22-19(26)18-14-23-17(13-24-18)15-4-6-16(7-5-15)32(29,30)21(20(27)25-28)8-11-31-12-9-21/h3-6,13-15,29H,7-12H2,1-2H3,(H,23,27)(H,26,28);4-9,15,28H,2-3,10-14H2,1H3,(H,23,26)(H,25,27);4-7,13-14,28H,2-3,8-12H2,1H3,(H,22,26)(H,25,27). The van der Waals surface area contributed by atoms with Gasteiger partial charge in [0.2, 0.25) is 0 Å². The first kappa shape index (κ1) is 75.8. The van der Waals surface area contributed by atoms with Crippen LogP contribution in [0.4, 0.5) is 0 Å². The summed E-state index contributed by atoms with van der Waals surface area (Å²) in [5, 5.41) is 35.8. The first-order valence-electron chi connectivity index (χ1n) is 31.5. The van der Waals surface area contributed by atoms with Gasteiger partial charge in [-0.2, -0.15) is 0 Å². The summed E-state index contributed by atoms with van der Waals surface area (Å²) >= 11 is 0. The number of ether oxygens (including phenoxy) is 3. The van der Waals surface area contributed by atoms with Crippen molar-refractivity contribution in [3.05, 3.63) is 133 Å². The fourth-order valence-corrected chi connectivity index (χ4v) is 16.6. The Morgan fingerprint density at radius 2 is 0.742 bits per heavy atom. The summed E-state index contributed by atoms with van der Waals surface area (Å²) < 4.78 is 90.0. The number of hydrogen-bond donors (Lipinski definition) is 9. The van der Waals surface area contributed by atoms with Crippen molar-refractivity contribution in [3.8, 4) is 33.8 Å². The van der Waals surface area contributed by atoms with Crippen molar-refractivity contribution in [2.45, 2.75) is 127 Å². The Hall–Kier alpha value is -8.60. The molecule has 0 radical (unpaired) electrons.